The molecule has 0 radical (unpaired) electrons. The standard InChI is InChI=1S/C23H21N5OS2/c1-3-20(21(29)26-23-25-19(14-30-23)16-7-5-4-6-8-16)31-22-24-13-18(27-28-22)17-11-9-15(2)10-12-17/h4-14,20H,3H2,1-2H3,(H,25,26,29). The molecule has 0 saturated carbocycles. The Morgan fingerprint density at radius 2 is 1.77 bits per heavy atom. The van der Waals surface area contributed by atoms with E-state index in [-0.39, 0.29) is 11.2 Å². The van der Waals surface area contributed by atoms with Crippen molar-refractivity contribution in [2.75, 3.05) is 5.32 Å². The molecule has 31 heavy (non-hydrogen) atoms. The van der Waals surface area contributed by atoms with Gasteiger partial charge in [0, 0.05) is 16.5 Å². The Morgan fingerprint density at radius 3 is 2.45 bits per heavy atom. The van der Waals surface area contributed by atoms with Gasteiger partial charge in [0.1, 0.15) is 5.69 Å². The summed E-state index contributed by atoms with van der Waals surface area (Å²) < 4.78 is 0. The Kier molecular flexibility index (Phi) is 6.69. The number of carbonyl (C=O) groups excluding carboxylic acids is 1. The van der Waals surface area contributed by atoms with E-state index in [9.17, 15) is 4.79 Å². The fourth-order valence-corrected chi connectivity index (χ4v) is 4.39. The number of aromatic nitrogens is 4. The van der Waals surface area contributed by atoms with Crippen molar-refractivity contribution in [3.63, 3.8) is 0 Å². The highest BCUT2D eigenvalue weighted by molar-refractivity contribution is 8.00. The molecule has 2 heterocycles. The molecule has 156 valence electrons. The lowest BCUT2D eigenvalue weighted by Crippen LogP contribution is -2.24. The minimum absolute atomic E-state index is 0.118. The summed E-state index contributed by atoms with van der Waals surface area (Å²) in [6.07, 6.45) is 2.33. The van der Waals surface area contributed by atoms with Crippen molar-refractivity contribution in [1.82, 2.24) is 20.2 Å². The SMILES string of the molecule is CCC(Sc1ncc(-c2ccc(C)cc2)nn1)C(=O)Nc1nc(-c2ccccc2)cs1. The van der Waals surface area contributed by atoms with Crippen LogP contribution in [-0.4, -0.2) is 31.3 Å². The number of anilines is 1. The summed E-state index contributed by atoms with van der Waals surface area (Å²) in [7, 11) is 0. The van der Waals surface area contributed by atoms with Gasteiger partial charge in [-0.05, 0) is 13.3 Å². The monoisotopic (exact) mass is 447 g/mol. The number of hydrogen-bond donors (Lipinski definition) is 1. The Labute approximate surface area is 189 Å². The number of hydrogen-bond acceptors (Lipinski definition) is 7. The van der Waals surface area contributed by atoms with Crippen LogP contribution in [0.1, 0.15) is 18.9 Å². The molecule has 0 spiro atoms. The zero-order valence-corrected chi connectivity index (χ0v) is 18.8. The quantitative estimate of drug-likeness (QED) is 0.378. The summed E-state index contributed by atoms with van der Waals surface area (Å²) in [5, 5.41) is 14.1. The molecule has 1 atom stereocenters. The zero-order valence-electron chi connectivity index (χ0n) is 17.1. The summed E-state index contributed by atoms with van der Waals surface area (Å²) in [4.78, 5) is 21.7. The number of amides is 1. The molecule has 6 nitrogen and oxygen atoms in total. The second-order valence-corrected chi connectivity index (χ2v) is 8.93. The Hall–Kier alpha value is -3.10. The zero-order chi connectivity index (χ0) is 21.6. The van der Waals surface area contributed by atoms with Gasteiger partial charge in [0.15, 0.2) is 5.13 Å². The van der Waals surface area contributed by atoms with Crippen LogP contribution in [0.2, 0.25) is 0 Å². The van der Waals surface area contributed by atoms with Crippen molar-refractivity contribution in [2.45, 2.75) is 30.7 Å². The van der Waals surface area contributed by atoms with Gasteiger partial charge in [-0.15, -0.1) is 21.5 Å². The van der Waals surface area contributed by atoms with Crippen LogP contribution in [0.4, 0.5) is 5.13 Å². The van der Waals surface area contributed by atoms with Crippen molar-refractivity contribution >= 4 is 34.1 Å². The normalized spacial score (nSPS) is 11.8. The second-order valence-electron chi connectivity index (χ2n) is 6.90. The van der Waals surface area contributed by atoms with Gasteiger partial charge < -0.3 is 5.32 Å². The minimum Gasteiger partial charge on any atom is -0.301 e. The van der Waals surface area contributed by atoms with Gasteiger partial charge in [-0.1, -0.05) is 78.8 Å². The van der Waals surface area contributed by atoms with E-state index < -0.39 is 0 Å². The van der Waals surface area contributed by atoms with E-state index in [0.717, 1.165) is 16.8 Å². The maximum Gasteiger partial charge on any atom is 0.239 e. The highest BCUT2D eigenvalue weighted by Crippen LogP contribution is 2.27. The molecule has 0 aliphatic rings. The highest BCUT2D eigenvalue weighted by atomic mass is 32.2. The van der Waals surface area contributed by atoms with Gasteiger partial charge in [0.2, 0.25) is 11.1 Å². The molecule has 4 rings (SSSR count). The average molecular weight is 448 g/mol. The van der Waals surface area contributed by atoms with E-state index in [0.29, 0.717) is 22.4 Å². The van der Waals surface area contributed by atoms with Crippen molar-refractivity contribution in [1.29, 1.82) is 0 Å². The first-order valence-electron chi connectivity index (χ1n) is 9.87. The lowest BCUT2D eigenvalue weighted by molar-refractivity contribution is -0.115. The third kappa shape index (κ3) is 5.34. The molecule has 1 N–H and O–H groups in total. The predicted molar refractivity (Wildman–Crippen MR) is 126 cm³/mol. The van der Waals surface area contributed by atoms with Crippen LogP contribution in [0.5, 0.6) is 0 Å². The van der Waals surface area contributed by atoms with Crippen LogP contribution in [0.15, 0.2) is 71.3 Å². The predicted octanol–water partition coefficient (Wildman–Crippen LogP) is 5.48. The van der Waals surface area contributed by atoms with E-state index in [1.807, 2.05) is 73.8 Å². The molecule has 4 aromatic rings. The molecule has 0 fully saturated rings. The number of aryl methyl sites for hydroxylation is 1. The average Bonchev–Trinajstić information content (AvgIpc) is 3.27. The van der Waals surface area contributed by atoms with Gasteiger partial charge >= 0.3 is 0 Å². The van der Waals surface area contributed by atoms with E-state index in [1.165, 1.54) is 28.7 Å². The van der Waals surface area contributed by atoms with Crippen LogP contribution >= 0.6 is 23.1 Å². The fourth-order valence-electron chi connectivity index (χ4n) is 2.88. The van der Waals surface area contributed by atoms with E-state index in [1.54, 1.807) is 6.20 Å². The number of nitrogens with one attached hydrogen (secondary N) is 1. The van der Waals surface area contributed by atoms with Crippen molar-refractivity contribution in [2.24, 2.45) is 0 Å². The summed E-state index contributed by atoms with van der Waals surface area (Å²) >= 11 is 2.72. The van der Waals surface area contributed by atoms with Crippen LogP contribution in [0, 0.1) is 6.92 Å². The molecule has 0 bridgehead atoms. The smallest absolute Gasteiger partial charge is 0.239 e. The first-order valence-corrected chi connectivity index (χ1v) is 11.6. The molecule has 8 heteroatoms. The Bertz CT molecular complexity index is 1140. The fraction of sp³-hybridized carbons (Fsp3) is 0.174. The number of benzene rings is 2. The molecule has 2 aromatic heterocycles. The number of carbonyl (C=O) groups is 1. The second kappa shape index (κ2) is 9.80. The minimum atomic E-state index is -0.337. The van der Waals surface area contributed by atoms with E-state index >= 15 is 0 Å². The van der Waals surface area contributed by atoms with Crippen LogP contribution in [-0.2, 0) is 4.79 Å². The van der Waals surface area contributed by atoms with Crippen LogP contribution < -0.4 is 5.32 Å². The summed E-state index contributed by atoms with van der Waals surface area (Å²) in [5.74, 6) is -0.118. The maximum absolute atomic E-state index is 12.8. The van der Waals surface area contributed by atoms with Gasteiger partial charge in [-0.25, -0.2) is 9.97 Å². The largest absolute Gasteiger partial charge is 0.301 e. The van der Waals surface area contributed by atoms with Crippen molar-refractivity contribution < 1.29 is 4.79 Å². The van der Waals surface area contributed by atoms with Gasteiger partial charge in [0.25, 0.3) is 0 Å². The van der Waals surface area contributed by atoms with E-state index in [2.05, 4.69) is 25.5 Å². The highest BCUT2D eigenvalue weighted by Gasteiger charge is 2.21. The number of rotatable bonds is 7. The summed E-state index contributed by atoms with van der Waals surface area (Å²) in [6.45, 7) is 4.00. The number of nitrogens with zero attached hydrogens (tertiary/aromatic N) is 4. The van der Waals surface area contributed by atoms with Gasteiger partial charge in [-0.2, -0.15) is 0 Å². The van der Waals surface area contributed by atoms with Crippen molar-refractivity contribution in [3.05, 3.63) is 71.7 Å². The lowest BCUT2D eigenvalue weighted by Gasteiger charge is -2.12. The molecule has 0 aliphatic carbocycles. The van der Waals surface area contributed by atoms with Gasteiger partial charge in [0.05, 0.1) is 17.1 Å². The van der Waals surface area contributed by atoms with E-state index in [4.69, 9.17) is 0 Å². The topological polar surface area (TPSA) is 80.7 Å². The molecular weight excluding hydrogens is 426 g/mol. The molecule has 0 saturated heterocycles. The number of thiazole rings is 1. The molecule has 0 aliphatic heterocycles. The molecule has 2 aromatic carbocycles. The maximum atomic E-state index is 12.8. The Morgan fingerprint density at radius 1 is 1.03 bits per heavy atom. The third-order valence-corrected chi connectivity index (χ3v) is 6.59. The van der Waals surface area contributed by atoms with Crippen LogP contribution in [0.25, 0.3) is 22.5 Å². The van der Waals surface area contributed by atoms with Gasteiger partial charge in [-0.3, -0.25) is 4.79 Å². The molecular formula is C23H21N5OS2. The lowest BCUT2D eigenvalue weighted by atomic mass is 10.1. The first-order chi connectivity index (χ1) is 15.1. The summed E-state index contributed by atoms with van der Waals surface area (Å²) in [6, 6.07) is 17.9. The first kappa shape index (κ1) is 21.1. The Balaban J connectivity index is 1.40. The van der Waals surface area contributed by atoms with Crippen molar-refractivity contribution in [3.8, 4) is 22.5 Å². The molecule has 1 amide bonds. The third-order valence-electron chi connectivity index (χ3n) is 4.60. The van der Waals surface area contributed by atoms with Crippen LogP contribution in [0.3, 0.4) is 0 Å². The summed E-state index contributed by atoms with van der Waals surface area (Å²) in [5.41, 5.74) is 4.72. The molecule has 1 unspecified atom stereocenters. The number of thioether (sulfide) groups is 1.